The molecule has 0 fully saturated rings. The topological polar surface area (TPSA) is 19.9 Å². The van der Waals surface area contributed by atoms with Crippen LogP contribution in [0.1, 0.15) is 50.5 Å². The van der Waals surface area contributed by atoms with Crippen molar-refractivity contribution >= 4 is 26.7 Å². The summed E-state index contributed by atoms with van der Waals surface area (Å²) in [7, 11) is 0. The fourth-order valence-corrected chi connectivity index (χ4v) is 3.14. The maximum atomic E-state index is 10.5. The third-order valence-electron chi connectivity index (χ3n) is 3.99. The van der Waals surface area contributed by atoms with E-state index >= 15 is 0 Å². The molecule has 0 amide bonds. The van der Waals surface area contributed by atoms with E-state index in [2.05, 4.69) is 59.3 Å². The second-order valence-corrected chi connectivity index (χ2v) is 6.33. The second kappa shape index (κ2) is 7.80. The van der Waals surface area contributed by atoms with Crippen molar-refractivity contribution in [1.29, 1.82) is 0 Å². The Hall–Kier alpha value is -0.860. The lowest BCUT2D eigenvalue weighted by Gasteiger charge is -2.16. The Labute approximate surface area is 130 Å². The van der Waals surface area contributed by atoms with E-state index in [1.54, 1.807) is 0 Å². The lowest BCUT2D eigenvalue weighted by atomic mass is 9.89. The van der Waals surface area contributed by atoms with E-state index < -0.39 is 0 Å². The zero-order valence-electron chi connectivity index (χ0n) is 12.1. The Kier molecular flexibility index (Phi) is 6.06. The molecule has 0 aliphatic rings. The van der Waals surface area contributed by atoms with Gasteiger partial charge in [-0.25, -0.2) is 5.11 Å². The number of rotatable bonds is 7. The lowest BCUT2D eigenvalue weighted by Crippen LogP contribution is -1.98. The van der Waals surface area contributed by atoms with Crippen LogP contribution < -0.4 is 0 Å². The Balaban J connectivity index is 2.11. The van der Waals surface area contributed by atoms with Crippen LogP contribution in [-0.2, 0) is 5.11 Å². The molecule has 2 heteroatoms. The fourth-order valence-electron chi connectivity index (χ4n) is 2.77. The summed E-state index contributed by atoms with van der Waals surface area (Å²) in [4.78, 5) is 0. The smallest absolute Gasteiger partial charge is 0.0822 e. The van der Waals surface area contributed by atoms with Crippen LogP contribution in [0, 0.1) is 0 Å². The molecule has 1 nitrogen and oxygen atoms in total. The summed E-state index contributed by atoms with van der Waals surface area (Å²) >= 11 is 3.52. The lowest BCUT2D eigenvalue weighted by molar-refractivity contribution is 0.185. The molecule has 2 rings (SSSR count). The molecule has 0 bridgehead atoms. The van der Waals surface area contributed by atoms with Crippen LogP contribution in [0.15, 0.2) is 40.9 Å². The second-order valence-electron chi connectivity index (χ2n) is 5.41. The van der Waals surface area contributed by atoms with E-state index in [1.165, 1.54) is 35.6 Å². The van der Waals surface area contributed by atoms with E-state index in [0.717, 1.165) is 17.3 Å². The van der Waals surface area contributed by atoms with Crippen LogP contribution in [0.5, 0.6) is 0 Å². The van der Waals surface area contributed by atoms with E-state index in [4.69, 9.17) is 0 Å². The molecule has 0 saturated heterocycles. The summed E-state index contributed by atoms with van der Waals surface area (Å²) in [6.07, 6.45) is 5.42. The molecule has 0 spiro atoms. The van der Waals surface area contributed by atoms with Crippen molar-refractivity contribution in [1.82, 2.24) is 0 Å². The quantitative estimate of drug-likeness (QED) is 0.546. The van der Waals surface area contributed by atoms with E-state index in [-0.39, 0.29) is 6.61 Å². The monoisotopic (exact) mass is 333 g/mol. The highest BCUT2D eigenvalue weighted by molar-refractivity contribution is 9.10. The van der Waals surface area contributed by atoms with Gasteiger partial charge in [-0.1, -0.05) is 60.0 Å². The van der Waals surface area contributed by atoms with Crippen LogP contribution in [0.3, 0.4) is 0 Å². The van der Waals surface area contributed by atoms with Crippen LogP contribution >= 0.6 is 15.9 Å². The standard InChI is InChI=1S/C18H22BrO/c1-2-14(6-4-3-5-11-20)15-7-8-17-13-18(19)10-9-16(17)12-15/h7-10,12-14H,2-6,11H2,1H3. The van der Waals surface area contributed by atoms with Crippen LogP contribution in [0.4, 0.5) is 0 Å². The normalized spacial score (nSPS) is 12.8. The van der Waals surface area contributed by atoms with Gasteiger partial charge in [-0.2, -0.15) is 0 Å². The van der Waals surface area contributed by atoms with Crippen molar-refractivity contribution in [2.45, 2.75) is 44.9 Å². The van der Waals surface area contributed by atoms with Gasteiger partial charge in [0.05, 0.1) is 6.61 Å². The van der Waals surface area contributed by atoms with Gasteiger partial charge in [0, 0.05) is 4.47 Å². The van der Waals surface area contributed by atoms with Gasteiger partial charge in [0.25, 0.3) is 0 Å². The minimum atomic E-state index is 0.0711. The summed E-state index contributed by atoms with van der Waals surface area (Å²) in [5.41, 5.74) is 1.43. The third-order valence-corrected chi connectivity index (χ3v) is 4.48. The van der Waals surface area contributed by atoms with Gasteiger partial charge in [-0.05, 0) is 53.6 Å². The number of fused-ring (bicyclic) bond motifs is 1. The Bertz CT molecular complexity index is 550. The molecule has 0 aliphatic carbocycles. The van der Waals surface area contributed by atoms with Gasteiger partial charge in [0.2, 0.25) is 0 Å². The Morgan fingerprint density at radius 2 is 1.75 bits per heavy atom. The molecule has 0 saturated carbocycles. The van der Waals surface area contributed by atoms with Crippen molar-refractivity contribution in [2.75, 3.05) is 6.61 Å². The highest BCUT2D eigenvalue weighted by Crippen LogP contribution is 2.29. The minimum Gasteiger partial charge on any atom is -0.237 e. The summed E-state index contributed by atoms with van der Waals surface area (Å²) < 4.78 is 1.13. The van der Waals surface area contributed by atoms with Crippen molar-refractivity contribution in [3.8, 4) is 0 Å². The first-order valence-electron chi connectivity index (χ1n) is 7.52. The zero-order chi connectivity index (χ0) is 14.4. The molecular formula is C18H22BrO. The molecule has 2 aromatic carbocycles. The first kappa shape index (κ1) is 15.5. The average molecular weight is 334 g/mol. The van der Waals surface area contributed by atoms with Gasteiger partial charge >= 0.3 is 0 Å². The minimum absolute atomic E-state index is 0.0711. The first-order chi connectivity index (χ1) is 9.74. The first-order valence-corrected chi connectivity index (χ1v) is 8.31. The van der Waals surface area contributed by atoms with Crippen LogP contribution in [0.25, 0.3) is 10.8 Å². The van der Waals surface area contributed by atoms with E-state index in [0.29, 0.717) is 5.92 Å². The maximum Gasteiger partial charge on any atom is 0.0822 e. The van der Waals surface area contributed by atoms with Gasteiger partial charge in [-0.15, -0.1) is 0 Å². The van der Waals surface area contributed by atoms with Gasteiger partial charge in [0.1, 0.15) is 0 Å². The van der Waals surface area contributed by atoms with Crippen LogP contribution in [0.2, 0.25) is 0 Å². The highest BCUT2D eigenvalue weighted by Gasteiger charge is 2.09. The molecule has 0 aliphatic heterocycles. The molecule has 1 unspecified atom stereocenters. The Morgan fingerprint density at radius 1 is 1.00 bits per heavy atom. The summed E-state index contributed by atoms with van der Waals surface area (Å²) in [5.74, 6) is 0.620. The molecular weight excluding hydrogens is 312 g/mol. The molecule has 2 aromatic rings. The number of halogens is 1. The molecule has 107 valence electrons. The Morgan fingerprint density at radius 3 is 2.50 bits per heavy atom. The zero-order valence-corrected chi connectivity index (χ0v) is 13.7. The van der Waals surface area contributed by atoms with Crippen molar-refractivity contribution in [3.05, 3.63) is 46.4 Å². The number of unbranched alkanes of at least 4 members (excludes halogenated alkanes) is 2. The summed E-state index contributed by atoms with van der Waals surface area (Å²) in [6, 6.07) is 13.2. The summed E-state index contributed by atoms with van der Waals surface area (Å²) in [6.45, 7) is 2.33. The van der Waals surface area contributed by atoms with Crippen molar-refractivity contribution in [3.63, 3.8) is 0 Å². The van der Waals surface area contributed by atoms with Gasteiger partial charge in [-0.3, -0.25) is 0 Å². The predicted octanol–water partition coefficient (Wildman–Crippen LogP) is 6.09. The molecule has 1 radical (unpaired) electrons. The van der Waals surface area contributed by atoms with Crippen molar-refractivity contribution in [2.24, 2.45) is 0 Å². The molecule has 0 N–H and O–H groups in total. The highest BCUT2D eigenvalue weighted by atomic mass is 79.9. The molecule has 1 atom stereocenters. The number of hydrogen-bond acceptors (Lipinski definition) is 0. The molecule has 20 heavy (non-hydrogen) atoms. The van der Waals surface area contributed by atoms with E-state index in [9.17, 15) is 5.11 Å². The number of hydrogen-bond donors (Lipinski definition) is 0. The SMILES string of the molecule is CCC(CCCCC[O])c1ccc2cc(Br)ccc2c1. The largest absolute Gasteiger partial charge is 0.237 e. The molecule has 0 aromatic heterocycles. The summed E-state index contributed by atoms with van der Waals surface area (Å²) in [5, 5.41) is 13.1. The van der Waals surface area contributed by atoms with E-state index in [1.807, 2.05) is 0 Å². The fraction of sp³-hybridized carbons (Fsp3) is 0.444. The molecule has 0 heterocycles. The van der Waals surface area contributed by atoms with Gasteiger partial charge < -0.3 is 0 Å². The average Bonchev–Trinajstić information content (AvgIpc) is 2.47. The third kappa shape index (κ3) is 4.07. The van der Waals surface area contributed by atoms with Crippen LogP contribution in [-0.4, -0.2) is 6.61 Å². The van der Waals surface area contributed by atoms with Crippen molar-refractivity contribution < 1.29 is 5.11 Å². The van der Waals surface area contributed by atoms with Gasteiger partial charge in [0.15, 0.2) is 0 Å². The maximum absolute atomic E-state index is 10.5. The predicted molar refractivity (Wildman–Crippen MR) is 88.7 cm³/mol. The number of benzene rings is 2.